The van der Waals surface area contributed by atoms with Gasteiger partial charge in [-0.25, -0.2) is 0 Å². The standard InChI is InChI=1S/C34H42ClN3O3/c1-4-25-9-5-10-28(21-25)32-30(12-6-13-31(32)35)34(41,18-8-19-37-24(2)39)29-11-7-20-38(23-29)33(40)27-16-14-26(15-17-27)22-36-3/h5-6,9-10,12-17,21,29,36,41H,4,7-8,11,18-20,22-23H2,1-3H3,(H,37,39)/t29-,34?/m1/s1. The third-order valence-electron chi connectivity index (χ3n) is 8.18. The zero-order valence-electron chi connectivity index (χ0n) is 24.4. The fraction of sp³-hybridized carbons (Fsp3) is 0.412. The lowest BCUT2D eigenvalue weighted by molar-refractivity contribution is -0.119. The Balaban J connectivity index is 1.69. The quantitative estimate of drug-likeness (QED) is 0.247. The molecule has 0 radical (unpaired) electrons. The minimum Gasteiger partial charge on any atom is -0.385 e. The maximum atomic E-state index is 13.6. The Morgan fingerprint density at radius 1 is 1.07 bits per heavy atom. The van der Waals surface area contributed by atoms with Crippen molar-refractivity contribution < 1.29 is 14.7 Å². The first-order valence-corrected chi connectivity index (χ1v) is 15.0. The van der Waals surface area contributed by atoms with Crippen LogP contribution in [0.2, 0.25) is 5.02 Å². The molecule has 1 fully saturated rings. The summed E-state index contributed by atoms with van der Waals surface area (Å²) in [7, 11) is 1.90. The minimum atomic E-state index is -1.25. The Morgan fingerprint density at radius 3 is 2.54 bits per heavy atom. The van der Waals surface area contributed by atoms with Gasteiger partial charge in [0.15, 0.2) is 0 Å². The van der Waals surface area contributed by atoms with Crippen molar-refractivity contribution >= 4 is 23.4 Å². The Hall–Kier alpha value is -3.19. The van der Waals surface area contributed by atoms with Crippen LogP contribution in [0.25, 0.3) is 11.1 Å². The minimum absolute atomic E-state index is 0.0201. The van der Waals surface area contributed by atoms with E-state index in [1.54, 1.807) is 0 Å². The van der Waals surface area contributed by atoms with Gasteiger partial charge in [-0.2, -0.15) is 0 Å². The molecule has 0 saturated carbocycles. The van der Waals surface area contributed by atoms with Gasteiger partial charge in [-0.05, 0) is 79.6 Å². The van der Waals surface area contributed by atoms with Crippen LogP contribution in [0.15, 0.2) is 66.7 Å². The average molecular weight is 576 g/mol. The summed E-state index contributed by atoms with van der Waals surface area (Å²) in [5.41, 5.74) is 4.28. The summed E-state index contributed by atoms with van der Waals surface area (Å²) in [4.78, 5) is 27.0. The lowest BCUT2D eigenvalue weighted by Crippen LogP contribution is -2.48. The van der Waals surface area contributed by atoms with E-state index in [1.165, 1.54) is 12.5 Å². The third kappa shape index (κ3) is 7.37. The van der Waals surface area contributed by atoms with E-state index < -0.39 is 5.60 Å². The first-order valence-electron chi connectivity index (χ1n) is 14.6. The summed E-state index contributed by atoms with van der Waals surface area (Å²) in [6, 6.07) is 21.7. The highest BCUT2D eigenvalue weighted by atomic mass is 35.5. The SMILES string of the molecule is CCc1cccc(-c2c(Cl)cccc2C(O)(CCCNC(C)=O)[C@@H]2CCCN(C(=O)c3ccc(CNC)cc3)C2)c1. The van der Waals surface area contributed by atoms with Gasteiger partial charge >= 0.3 is 0 Å². The van der Waals surface area contributed by atoms with Crippen LogP contribution in [-0.4, -0.2) is 48.5 Å². The average Bonchev–Trinajstić information content (AvgIpc) is 2.99. The second-order valence-electron chi connectivity index (χ2n) is 11.0. The number of nitrogens with zero attached hydrogens (tertiary/aromatic N) is 1. The number of benzene rings is 3. The topological polar surface area (TPSA) is 81.7 Å². The van der Waals surface area contributed by atoms with Crippen LogP contribution in [0.5, 0.6) is 0 Å². The molecular weight excluding hydrogens is 534 g/mol. The smallest absolute Gasteiger partial charge is 0.253 e. The molecule has 1 unspecified atom stereocenters. The van der Waals surface area contributed by atoms with E-state index in [4.69, 9.17) is 11.6 Å². The molecule has 3 N–H and O–H groups in total. The Morgan fingerprint density at radius 2 is 1.83 bits per heavy atom. The summed E-state index contributed by atoms with van der Waals surface area (Å²) < 4.78 is 0. The molecule has 41 heavy (non-hydrogen) atoms. The molecule has 1 aliphatic rings. The Bertz CT molecular complexity index is 1340. The van der Waals surface area contributed by atoms with Crippen LogP contribution in [0.4, 0.5) is 0 Å². The van der Waals surface area contributed by atoms with E-state index in [9.17, 15) is 14.7 Å². The highest BCUT2D eigenvalue weighted by Gasteiger charge is 2.43. The van der Waals surface area contributed by atoms with Crippen molar-refractivity contribution in [2.75, 3.05) is 26.7 Å². The van der Waals surface area contributed by atoms with Crippen LogP contribution in [-0.2, 0) is 23.4 Å². The molecule has 1 heterocycles. The molecule has 6 nitrogen and oxygen atoms in total. The van der Waals surface area contributed by atoms with Gasteiger partial charge in [0.1, 0.15) is 0 Å². The fourth-order valence-electron chi connectivity index (χ4n) is 6.01. The zero-order valence-corrected chi connectivity index (χ0v) is 25.1. The molecule has 0 spiro atoms. The van der Waals surface area contributed by atoms with Crippen molar-refractivity contribution in [1.29, 1.82) is 0 Å². The molecule has 3 aromatic carbocycles. The number of piperidine rings is 1. The Labute approximate surface area is 249 Å². The van der Waals surface area contributed by atoms with Crippen molar-refractivity contribution in [1.82, 2.24) is 15.5 Å². The second kappa shape index (κ2) is 14.1. The van der Waals surface area contributed by atoms with Crippen molar-refractivity contribution in [2.45, 2.75) is 58.1 Å². The van der Waals surface area contributed by atoms with E-state index in [1.807, 2.05) is 66.5 Å². The molecule has 2 atom stereocenters. The highest BCUT2D eigenvalue weighted by Crippen LogP contribution is 2.45. The molecule has 0 bridgehead atoms. The maximum absolute atomic E-state index is 13.6. The number of carbonyl (C=O) groups excluding carboxylic acids is 2. The van der Waals surface area contributed by atoms with Crippen molar-refractivity contribution in [3.8, 4) is 11.1 Å². The van der Waals surface area contributed by atoms with Gasteiger partial charge in [-0.3, -0.25) is 9.59 Å². The molecule has 1 saturated heterocycles. The number of aryl methyl sites for hydroxylation is 1. The second-order valence-corrected chi connectivity index (χ2v) is 11.5. The van der Waals surface area contributed by atoms with E-state index in [0.717, 1.165) is 48.1 Å². The largest absolute Gasteiger partial charge is 0.385 e. The monoisotopic (exact) mass is 575 g/mol. The highest BCUT2D eigenvalue weighted by molar-refractivity contribution is 6.33. The number of amides is 2. The van der Waals surface area contributed by atoms with E-state index in [0.29, 0.717) is 43.1 Å². The maximum Gasteiger partial charge on any atom is 0.253 e. The van der Waals surface area contributed by atoms with E-state index >= 15 is 0 Å². The number of hydrogen-bond donors (Lipinski definition) is 3. The van der Waals surface area contributed by atoms with Gasteiger partial charge in [0.2, 0.25) is 5.91 Å². The van der Waals surface area contributed by atoms with Gasteiger partial charge < -0.3 is 20.6 Å². The predicted molar refractivity (Wildman–Crippen MR) is 166 cm³/mol. The van der Waals surface area contributed by atoms with Crippen LogP contribution >= 0.6 is 11.6 Å². The van der Waals surface area contributed by atoms with Gasteiger partial charge in [-0.1, -0.05) is 67.1 Å². The van der Waals surface area contributed by atoms with E-state index in [-0.39, 0.29) is 17.7 Å². The number of carbonyl (C=O) groups is 2. The summed E-state index contributed by atoms with van der Waals surface area (Å²) in [5.74, 6) is -0.315. The zero-order chi connectivity index (χ0) is 29.4. The molecule has 0 aromatic heterocycles. The van der Waals surface area contributed by atoms with Gasteiger partial charge in [0.05, 0.1) is 5.60 Å². The first-order chi connectivity index (χ1) is 19.8. The first kappa shape index (κ1) is 30.8. The normalized spacial score (nSPS) is 16.7. The van der Waals surface area contributed by atoms with Gasteiger partial charge in [-0.15, -0.1) is 0 Å². The molecule has 218 valence electrons. The summed E-state index contributed by atoms with van der Waals surface area (Å²) in [5, 5.41) is 19.3. The summed E-state index contributed by atoms with van der Waals surface area (Å²) >= 11 is 6.86. The predicted octanol–water partition coefficient (Wildman–Crippen LogP) is 5.95. The number of nitrogens with one attached hydrogen (secondary N) is 2. The van der Waals surface area contributed by atoms with Crippen LogP contribution in [0, 0.1) is 5.92 Å². The van der Waals surface area contributed by atoms with Crippen LogP contribution in [0.1, 0.15) is 66.6 Å². The van der Waals surface area contributed by atoms with Crippen molar-refractivity contribution in [2.24, 2.45) is 5.92 Å². The number of halogens is 1. The Kier molecular flexibility index (Phi) is 10.6. The third-order valence-corrected chi connectivity index (χ3v) is 8.49. The van der Waals surface area contributed by atoms with Gasteiger partial charge in [0.25, 0.3) is 5.91 Å². The molecular formula is C34H42ClN3O3. The molecule has 0 aliphatic carbocycles. The van der Waals surface area contributed by atoms with Gasteiger partial charge in [0, 0.05) is 55.2 Å². The number of rotatable bonds is 11. The number of aliphatic hydroxyl groups is 1. The summed E-state index contributed by atoms with van der Waals surface area (Å²) in [6.45, 7) is 5.91. The molecule has 2 amide bonds. The van der Waals surface area contributed by atoms with Crippen LogP contribution in [0.3, 0.4) is 0 Å². The number of likely N-dealkylation sites (tertiary alicyclic amines) is 1. The van der Waals surface area contributed by atoms with Crippen molar-refractivity contribution in [3.05, 3.63) is 94.0 Å². The van der Waals surface area contributed by atoms with Crippen molar-refractivity contribution in [3.63, 3.8) is 0 Å². The number of hydrogen-bond acceptors (Lipinski definition) is 4. The lowest BCUT2D eigenvalue weighted by atomic mass is 9.72. The van der Waals surface area contributed by atoms with Crippen LogP contribution < -0.4 is 10.6 Å². The molecule has 4 rings (SSSR count). The molecule has 3 aromatic rings. The molecule has 7 heteroatoms. The molecule has 1 aliphatic heterocycles. The van der Waals surface area contributed by atoms with E-state index in [2.05, 4.69) is 29.7 Å². The fourth-order valence-corrected chi connectivity index (χ4v) is 6.29. The lowest BCUT2D eigenvalue weighted by Gasteiger charge is -2.44. The summed E-state index contributed by atoms with van der Waals surface area (Å²) in [6.07, 6.45) is 3.49.